The predicted octanol–water partition coefficient (Wildman–Crippen LogP) is 2.92. The zero-order chi connectivity index (χ0) is 25.2. The Labute approximate surface area is 207 Å². The van der Waals surface area contributed by atoms with Gasteiger partial charge in [0.1, 0.15) is 24.7 Å². The molecule has 6 rings (SSSR count). The molecule has 3 aliphatic heterocycles. The summed E-state index contributed by atoms with van der Waals surface area (Å²) in [6.45, 7) is 5.00. The van der Waals surface area contributed by atoms with Crippen LogP contribution in [0.3, 0.4) is 0 Å². The molecular weight excluding hydrogens is 462 g/mol. The van der Waals surface area contributed by atoms with E-state index in [4.69, 9.17) is 14.2 Å². The quantitative estimate of drug-likeness (QED) is 0.568. The number of amides is 2. The fourth-order valence-electron chi connectivity index (χ4n) is 5.42. The maximum atomic E-state index is 13.7. The molecule has 0 saturated carbocycles. The van der Waals surface area contributed by atoms with Crippen LogP contribution in [0.2, 0.25) is 0 Å². The lowest BCUT2D eigenvalue weighted by Crippen LogP contribution is -2.63. The minimum Gasteiger partial charge on any atom is -0.459 e. The topological polar surface area (TPSA) is 101 Å². The molecule has 0 bridgehead atoms. The molecule has 9 nitrogen and oxygen atoms in total. The van der Waals surface area contributed by atoms with Crippen molar-refractivity contribution in [1.82, 2.24) is 14.8 Å². The summed E-state index contributed by atoms with van der Waals surface area (Å²) < 4.78 is 16.5. The normalized spacial score (nSPS) is 21.0. The molecule has 0 spiro atoms. The van der Waals surface area contributed by atoms with Gasteiger partial charge in [0.2, 0.25) is 18.6 Å². The number of fused-ring (bicyclic) bond motifs is 5. The molecule has 36 heavy (non-hydrogen) atoms. The first-order valence-electron chi connectivity index (χ1n) is 12.0. The lowest BCUT2D eigenvalue weighted by molar-refractivity contribution is -0.166. The molecule has 4 heterocycles. The van der Waals surface area contributed by atoms with Crippen LogP contribution in [0.1, 0.15) is 43.6 Å². The van der Waals surface area contributed by atoms with Crippen molar-refractivity contribution >= 4 is 28.7 Å². The summed E-state index contributed by atoms with van der Waals surface area (Å²) in [5, 5.41) is 1.02. The Hall–Kier alpha value is -4.01. The molecule has 1 fully saturated rings. The SMILES string of the molecule is CC(C)(C)OC(=O)CN1CC(=O)N2[C@H](c3ccc4c(c3)OCO4)c3[nH]c4ccccc4c3C[C@@H]2C1=O. The predicted molar refractivity (Wildman–Crippen MR) is 129 cm³/mol. The number of rotatable bonds is 3. The first kappa shape index (κ1) is 22.5. The third-order valence-electron chi connectivity index (χ3n) is 6.79. The fraction of sp³-hybridized carbons (Fsp3) is 0.370. The van der Waals surface area contributed by atoms with Crippen LogP contribution >= 0.6 is 0 Å². The van der Waals surface area contributed by atoms with Crippen molar-refractivity contribution in [2.45, 2.75) is 44.9 Å². The van der Waals surface area contributed by atoms with Gasteiger partial charge in [0, 0.05) is 23.0 Å². The molecule has 186 valence electrons. The molecule has 1 saturated heterocycles. The first-order chi connectivity index (χ1) is 17.2. The smallest absolute Gasteiger partial charge is 0.326 e. The van der Waals surface area contributed by atoms with Gasteiger partial charge in [-0.3, -0.25) is 14.4 Å². The third kappa shape index (κ3) is 3.66. The van der Waals surface area contributed by atoms with Gasteiger partial charge in [-0.15, -0.1) is 0 Å². The number of nitrogens with zero attached hydrogens (tertiary/aromatic N) is 2. The number of piperazine rings is 1. The summed E-state index contributed by atoms with van der Waals surface area (Å²) in [5.74, 6) is 0.229. The zero-order valence-electron chi connectivity index (χ0n) is 20.4. The lowest BCUT2D eigenvalue weighted by atomic mass is 9.86. The van der Waals surface area contributed by atoms with E-state index >= 15 is 0 Å². The molecule has 0 radical (unpaired) electrons. The molecule has 3 aromatic rings. The molecule has 2 atom stereocenters. The molecule has 3 aliphatic rings. The van der Waals surface area contributed by atoms with Crippen LogP contribution in [0.15, 0.2) is 42.5 Å². The Morgan fingerprint density at radius 3 is 2.69 bits per heavy atom. The number of carbonyl (C=O) groups is 3. The number of nitrogens with one attached hydrogen (secondary N) is 1. The number of hydrogen-bond donors (Lipinski definition) is 1. The highest BCUT2D eigenvalue weighted by Crippen LogP contribution is 2.44. The van der Waals surface area contributed by atoms with E-state index in [9.17, 15) is 14.4 Å². The number of hydrogen-bond acceptors (Lipinski definition) is 6. The van der Waals surface area contributed by atoms with Gasteiger partial charge in [-0.2, -0.15) is 0 Å². The molecular formula is C27H27N3O6. The number of ether oxygens (including phenoxy) is 3. The van der Waals surface area contributed by atoms with Gasteiger partial charge in [-0.05, 0) is 50.1 Å². The van der Waals surface area contributed by atoms with Crippen LogP contribution in [-0.2, 0) is 25.5 Å². The fourth-order valence-corrected chi connectivity index (χ4v) is 5.42. The summed E-state index contributed by atoms with van der Waals surface area (Å²) in [7, 11) is 0. The number of benzene rings is 2. The highest BCUT2D eigenvalue weighted by Gasteiger charge is 2.48. The van der Waals surface area contributed by atoms with Crippen LogP contribution in [0.4, 0.5) is 0 Å². The first-order valence-corrected chi connectivity index (χ1v) is 12.0. The van der Waals surface area contributed by atoms with E-state index in [1.165, 1.54) is 4.90 Å². The molecule has 1 N–H and O–H groups in total. The van der Waals surface area contributed by atoms with Crippen molar-refractivity contribution in [2.24, 2.45) is 0 Å². The van der Waals surface area contributed by atoms with Gasteiger partial charge in [0.05, 0.1) is 6.04 Å². The van der Waals surface area contributed by atoms with Crippen molar-refractivity contribution in [1.29, 1.82) is 0 Å². The number of para-hydroxylation sites is 1. The minimum atomic E-state index is -0.740. The van der Waals surface area contributed by atoms with Crippen molar-refractivity contribution in [3.05, 3.63) is 59.3 Å². The number of esters is 1. The van der Waals surface area contributed by atoms with E-state index in [1.54, 1.807) is 25.7 Å². The van der Waals surface area contributed by atoms with E-state index in [0.717, 1.165) is 27.7 Å². The Balaban J connectivity index is 1.42. The summed E-state index contributed by atoms with van der Waals surface area (Å²) in [4.78, 5) is 46.3. The van der Waals surface area contributed by atoms with Crippen molar-refractivity contribution in [3.8, 4) is 11.5 Å². The second-order valence-electron chi connectivity index (χ2n) is 10.4. The van der Waals surface area contributed by atoms with Gasteiger partial charge in [0.25, 0.3) is 0 Å². The number of aromatic amines is 1. The third-order valence-corrected chi connectivity index (χ3v) is 6.79. The number of aromatic nitrogens is 1. The highest BCUT2D eigenvalue weighted by molar-refractivity contribution is 5.99. The molecule has 0 aliphatic carbocycles. The molecule has 0 unspecified atom stereocenters. The van der Waals surface area contributed by atoms with Gasteiger partial charge < -0.3 is 29.0 Å². The monoisotopic (exact) mass is 489 g/mol. The second kappa shape index (κ2) is 8.01. The van der Waals surface area contributed by atoms with Crippen molar-refractivity contribution < 1.29 is 28.6 Å². The van der Waals surface area contributed by atoms with E-state index in [-0.39, 0.29) is 31.7 Å². The van der Waals surface area contributed by atoms with Crippen LogP contribution in [-0.4, -0.2) is 64.1 Å². The minimum absolute atomic E-state index is 0.143. The second-order valence-corrected chi connectivity index (χ2v) is 10.4. The van der Waals surface area contributed by atoms with Crippen molar-refractivity contribution in [3.63, 3.8) is 0 Å². The van der Waals surface area contributed by atoms with E-state index < -0.39 is 23.7 Å². The molecule has 2 aromatic carbocycles. The van der Waals surface area contributed by atoms with Crippen molar-refractivity contribution in [2.75, 3.05) is 19.9 Å². The maximum Gasteiger partial charge on any atom is 0.326 e. The average molecular weight is 490 g/mol. The van der Waals surface area contributed by atoms with Crippen LogP contribution < -0.4 is 9.47 Å². The summed E-state index contributed by atoms with van der Waals surface area (Å²) in [6.07, 6.45) is 0.357. The average Bonchev–Trinajstić information content (AvgIpc) is 3.43. The summed E-state index contributed by atoms with van der Waals surface area (Å²) >= 11 is 0. The molecule has 9 heteroatoms. The van der Waals surface area contributed by atoms with Gasteiger partial charge >= 0.3 is 5.97 Å². The Morgan fingerprint density at radius 2 is 1.89 bits per heavy atom. The standard InChI is InChI=1S/C27H27N3O6/c1-27(2,3)36-23(32)13-29-12-22(31)30-19(26(29)33)11-17-16-6-4-5-7-18(16)28-24(17)25(30)15-8-9-20-21(10-15)35-14-34-20/h4-10,19,25,28H,11-14H2,1-3H3/t19-,25-/m1/s1. The van der Waals surface area contributed by atoms with Gasteiger partial charge in [-0.1, -0.05) is 24.3 Å². The largest absolute Gasteiger partial charge is 0.459 e. The Kier molecular flexibility index (Phi) is 5.00. The maximum absolute atomic E-state index is 13.7. The lowest BCUT2D eigenvalue weighted by Gasteiger charge is -2.46. The Morgan fingerprint density at radius 1 is 1.11 bits per heavy atom. The summed E-state index contributed by atoms with van der Waals surface area (Å²) in [6, 6.07) is 12.3. The van der Waals surface area contributed by atoms with E-state index in [2.05, 4.69) is 4.98 Å². The van der Waals surface area contributed by atoms with E-state index in [1.807, 2.05) is 42.5 Å². The zero-order valence-corrected chi connectivity index (χ0v) is 20.4. The number of H-pyrrole nitrogens is 1. The van der Waals surface area contributed by atoms with Crippen LogP contribution in [0, 0.1) is 0 Å². The van der Waals surface area contributed by atoms with E-state index in [0.29, 0.717) is 17.9 Å². The molecule has 1 aromatic heterocycles. The van der Waals surface area contributed by atoms with Crippen LogP contribution in [0.5, 0.6) is 11.5 Å². The highest BCUT2D eigenvalue weighted by atomic mass is 16.7. The Bertz CT molecular complexity index is 1400. The van der Waals surface area contributed by atoms with Gasteiger partial charge in [0.15, 0.2) is 11.5 Å². The van der Waals surface area contributed by atoms with Crippen LogP contribution in [0.25, 0.3) is 10.9 Å². The number of carbonyl (C=O) groups excluding carboxylic acids is 3. The summed E-state index contributed by atoms with van der Waals surface area (Å²) in [5.41, 5.74) is 2.96. The van der Waals surface area contributed by atoms with Gasteiger partial charge in [-0.25, -0.2) is 0 Å². The molecule has 2 amide bonds.